The molecule has 30 heavy (non-hydrogen) atoms. The molecule has 0 amide bonds. The normalized spacial score (nSPS) is 10.3. The Kier molecular flexibility index (Phi) is 9.46. The van der Waals surface area contributed by atoms with Gasteiger partial charge >= 0.3 is 11.9 Å². The molecule has 0 radical (unpaired) electrons. The molecule has 0 aliphatic heterocycles. The van der Waals surface area contributed by atoms with Gasteiger partial charge in [-0.1, -0.05) is 49.6 Å². The molecule has 0 fully saturated rings. The molecular formula is C24H24O6. The van der Waals surface area contributed by atoms with Crippen LogP contribution in [0.5, 0.6) is 11.5 Å². The van der Waals surface area contributed by atoms with Gasteiger partial charge in [-0.3, -0.25) is 0 Å². The van der Waals surface area contributed by atoms with E-state index in [0.29, 0.717) is 11.5 Å². The predicted molar refractivity (Wildman–Crippen MR) is 115 cm³/mol. The van der Waals surface area contributed by atoms with Gasteiger partial charge in [0.2, 0.25) is 0 Å². The van der Waals surface area contributed by atoms with Gasteiger partial charge in [-0.2, -0.15) is 0 Å². The van der Waals surface area contributed by atoms with Gasteiger partial charge in [0.25, 0.3) is 0 Å². The molecule has 6 heteroatoms. The maximum Gasteiger partial charge on any atom is 0.330 e. The van der Waals surface area contributed by atoms with Crippen molar-refractivity contribution < 1.29 is 28.5 Å². The Labute approximate surface area is 176 Å². The van der Waals surface area contributed by atoms with Crippen LogP contribution in [0.4, 0.5) is 0 Å². The Morgan fingerprint density at radius 1 is 0.633 bits per heavy atom. The molecular weight excluding hydrogens is 384 g/mol. The molecule has 0 aliphatic carbocycles. The molecule has 6 nitrogen and oxygen atoms in total. The Balaban J connectivity index is 1.75. The monoisotopic (exact) mass is 408 g/mol. The van der Waals surface area contributed by atoms with Crippen LogP contribution in [0.2, 0.25) is 0 Å². The van der Waals surface area contributed by atoms with Crippen molar-refractivity contribution in [2.75, 3.05) is 26.4 Å². The molecule has 0 unspecified atom stereocenters. The van der Waals surface area contributed by atoms with Crippen molar-refractivity contribution in [2.45, 2.75) is 0 Å². The smallest absolute Gasteiger partial charge is 0.330 e. The Morgan fingerprint density at radius 3 is 1.33 bits per heavy atom. The van der Waals surface area contributed by atoms with Crippen molar-refractivity contribution in [2.24, 2.45) is 0 Å². The maximum absolute atomic E-state index is 10.9. The standard InChI is InChI=1S/C24H24O6/c1-3-23(25)29-17-15-27-21-11-7-19(8-12-21)5-6-20-9-13-22(14-10-20)28-16-18-30-24(26)4-2/h3-14H,1-2,15-18H2. The zero-order valence-electron chi connectivity index (χ0n) is 16.6. The van der Waals surface area contributed by atoms with E-state index in [9.17, 15) is 9.59 Å². The fraction of sp³-hybridized carbons (Fsp3) is 0.167. The van der Waals surface area contributed by atoms with Crippen LogP contribution < -0.4 is 9.47 Å². The second-order valence-corrected chi connectivity index (χ2v) is 5.91. The van der Waals surface area contributed by atoms with Gasteiger partial charge in [0.05, 0.1) is 0 Å². The third-order valence-electron chi connectivity index (χ3n) is 3.75. The minimum Gasteiger partial charge on any atom is -0.490 e. The van der Waals surface area contributed by atoms with Crippen molar-refractivity contribution in [3.63, 3.8) is 0 Å². The summed E-state index contributed by atoms with van der Waals surface area (Å²) in [6.45, 7) is 7.56. The van der Waals surface area contributed by atoms with Crippen LogP contribution >= 0.6 is 0 Å². The van der Waals surface area contributed by atoms with Crippen LogP contribution in [-0.2, 0) is 19.1 Å². The fourth-order valence-corrected chi connectivity index (χ4v) is 2.26. The van der Waals surface area contributed by atoms with E-state index in [1.165, 1.54) is 0 Å². The SMILES string of the molecule is C=CC(=O)OCCOc1ccc(C=Cc2ccc(OCCOC(=O)C=C)cc2)cc1. The molecule has 2 rings (SSSR count). The molecule has 0 saturated heterocycles. The van der Waals surface area contributed by atoms with E-state index in [0.717, 1.165) is 23.3 Å². The van der Waals surface area contributed by atoms with Gasteiger partial charge in [0, 0.05) is 12.2 Å². The minimum atomic E-state index is -0.465. The zero-order valence-corrected chi connectivity index (χ0v) is 16.6. The van der Waals surface area contributed by atoms with Crippen molar-refractivity contribution in [3.8, 4) is 11.5 Å². The van der Waals surface area contributed by atoms with E-state index >= 15 is 0 Å². The van der Waals surface area contributed by atoms with Crippen molar-refractivity contribution in [1.82, 2.24) is 0 Å². The first-order chi connectivity index (χ1) is 14.6. The molecule has 0 atom stereocenters. The first-order valence-electron chi connectivity index (χ1n) is 9.33. The summed E-state index contributed by atoms with van der Waals surface area (Å²) in [4.78, 5) is 21.9. The summed E-state index contributed by atoms with van der Waals surface area (Å²) < 4.78 is 20.7. The summed E-state index contributed by atoms with van der Waals surface area (Å²) in [5, 5.41) is 0. The lowest BCUT2D eigenvalue weighted by molar-refractivity contribution is -0.139. The summed E-state index contributed by atoms with van der Waals surface area (Å²) in [5.41, 5.74) is 2.04. The highest BCUT2D eigenvalue weighted by Crippen LogP contribution is 2.17. The summed E-state index contributed by atoms with van der Waals surface area (Å²) in [6.07, 6.45) is 6.21. The summed E-state index contributed by atoms with van der Waals surface area (Å²) >= 11 is 0. The van der Waals surface area contributed by atoms with E-state index in [1.54, 1.807) is 0 Å². The molecule has 0 heterocycles. The van der Waals surface area contributed by atoms with Crippen LogP contribution in [0.1, 0.15) is 11.1 Å². The zero-order chi connectivity index (χ0) is 21.6. The van der Waals surface area contributed by atoms with Crippen molar-refractivity contribution in [1.29, 1.82) is 0 Å². The minimum absolute atomic E-state index is 0.173. The van der Waals surface area contributed by atoms with Gasteiger partial charge < -0.3 is 18.9 Å². The van der Waals surface area contributed by atoms with Gasteiger partial charge in [-0.25, -0.2) is 9.59 Å². The number of carbonyl (C=O) groups is 2. The number of hydrogen-bond acceptors (Lipinski definition) is 6. The van der Waals surface area contributed by atoms with Crippen molar-refractivity contribution in [3.05, 3.63) is 85.0 Å². The molecule has 156 valence electrons. The summed E-state index contributed by atoms with van der Waals surface area (Å²) in [6, 6.07) is 15.1. The highest BCUT2D eigenvalue weighted by atomic mass is 16.6. The van der Waals surface area contributed by atoms with Crippen LogP contribution in [0, 0.1) is 0 Å². The highest BCUT2D eigenvalue weighted by Gasteiger charge is 1.99. The van der Waals surface area contributed by atoms with Gasteiger partial charge in [0.1, 0.15) is 37.9 Å². The van der Waals surface area contributed by atoms with E-state index in [2.05, 4.69) is 13.2 Å². The summed E-state index contributed by atoms with van der Waals surface area (Å²) in [5.74, 6) is 0.463. The first kappa shape index (κ1) is 22.5. The predicted octanol–water partition coefficient (Wildman–Crippen LogP) is 4.07. The average Bonchev–Trinajstić information content (AvgIpc) is 2.79. The lowest BCUT2D eigenvalue weighted by Crippen LogP contribution is -2.10. The molecule has 0 bridgehead atoms. The summed E-state index contributed by atoms with van der Waals surface area (Å²) in [7, 11) is 0. The number of ether oxygens (including phenoxy) is 4. The Bertz CT molecular complexity index is 792. The lowest BCUT2D eigenvalue weighted by atomic mass is 10.1. The number of rotatable bonds is 12. The van der Waals surface area contributed by atoms with E-state index in [-0.39, 0.29) is 26.4 Å². The van der Waals surface area contributed by atoms with Crippen LogP contribution in [0.3, 0.4) is 0 Å². The van der Waals surface area contributed by atoms with Crippen LogP contribution in [0.15, 0.2) is 73.8 Å². The Morgan fingerprint density at radius 2 is 1.00 bits per heavy atom. The molecule has 0 aliphatic rings. The molecule has 0 spiro atoms. The van der Waals surface area contributed by atoms with E-state index < -0.39 is 11.9 Å². The molecule has 2 aromatic rings. The van der Waals surface area contributed by atoms with Gasteiger partial charge in [0.15, 0.2) is 0 Å². The topological polar surface area (TPSA) is 71.1 Å². The van der Waals surface area contributed by atoms with Crippen LogP contribution in [-0.4, -0.2) is 38.4 Å². The molecule has 0 saturated carbocycles. The van der Waals surface area contributed by atoms with E-state index in [4.69, 9.17) is 18.9 Å². The second kappa shape index (κ2) is 12.6. The fourth-order valence-electron chi connectivity index (χ4n) is 2.26. The lowest BCUT2D eigenvalue weighted by Gasteiger charge is -2.07. The number of carbonyl (C=O) groups excluding carboxylic acids is 2. The maximum atomic E-state index is 10.9. The van der Waals surface area contributed by atoms with Crippen LogP contribution in [0.25, 0.3) is 12.2 Å². The second-order valence-electron chi connectivity index (χ2n) is 5.91. The Hall–Kier alpha value is -3.80. The largest absolute Gasteiger partial charge is 0.490 e. The average molecular weight is 408 g/mol. The number of benzene rings is 2. The van der Waals surface area contributed by atoms with E-state index in [1.807, 2.05) is 60.7 Å². The number of esters is 2. The number of hydrogen-bond donors (Lipinski definition) is 0. The van der Waals surface area contributed by atoms with Gasteiger partial charge in [-0.05, 0) is 35.4 Å². The third kappa shape index (κ3) is 8.48. The third-order valence-corrected chi connectivity index (χ3v) is 3.75. The van der Waals surface area contributed by atoms with Crippen molar-refractivity contribution >= 4 is 24.1 Å². The molecule has 0 N–H and O–H groups in total. The molecule has 2 aromatic carbocycles. The quantitative estimate of drug-likeness (QED) is 0.228. The van der Waals surface area contributed by atoms with Gasteiger partial charge in [-0.15, -0.1) is 0 Å². The molecule has 0 aromatic heterocycles. The highest BCUT2D eigenvalue weighted by molar-refractivity contribution is 5.81. The first-order valence-corrected chi connectivity index (χ1v) is 9.33.